The van der Waals surface area contributed by atoms with Gasteiger partial charge in [-0.2, -0.15) is 26.3 Å². The van der Waals surface area contributed by atoms with Crippen molar-refractivity contribution in [3.8, 4) is 0 Å². The van der Waals surface area contributed by atoms with E-state index in [2.05, 4.69) is 6.58 Å². The number of ether oxygens (including phenoxy) is 2. The standard InChI is InChI=1S/C23H20F8O2/c1-3-13-6-7-32-21(20(13)14-4-5-18(24)19(25)10-14)33-12(2)15-8-16(22(26,27)28)11-17(9-15)23(29,30)31/h3-5,8-13,20-21H,1,6-7H2,2H3/t12?,13-,20-,21-/m1/s1. The zero-order valence-corrected chi connectivity index (χ0v) is 17.3. The minimum Gasteiger partial charge on any atom is -0.352 e. The first-order valence-corrected chi connectivity index (χ1v) is 9.95. The number of alkyl halides is 6. The molecular weight excluding hydrogens is 460 g/mol. The van der Waals surface area contributed by atoms with Crippen molar-refractivity contribution in [3.63, 3.8) is 0 Å². The first-order valence-electron chi connectivity index (χ1n) is 9.95. The van der Waals surface area contributed by atoms with Crippen LogP contribution in [0.4, 0.5) is 35.1 Å². The molecule has 1 saturated heterocycles. The maximum Gasteiger partial charge on any atom is 0.416 e. The highest BCUT2D eigenvalue weighted by atomic mass is 19.4. The molecule has 0 bridgehead atoms. The summed E-state index contributed by atoms with van der Waals surface area (Å²) in [6.07, 6.45) is -10.4. The van der Waals surface area contributed by atoms with E-state index in [1.54, 1.807) is 6.08 Å². The van der Waals surface area contributed by atoms with Gasteiger partial charge in [-0.05, 0) is 60.7 Å². The van der Waals surface area contributed by atoms with E-state index in [1.165, 1.54) is 13.0 Å². The number of allylic oxidation sites excluding steroid dienone is 1. The second-order valence-electron chi connectivity index (χ2n) is 7.74. The number of halogens is 8. The summed E-state index contributed by atoms with van der Waals surface area (Å²) in [5, 5.41) is 0. The second-order valence-corrected chi connectivity index (χ2v) is 7.74. The molecule has 3 rings (SSSR count). The van der Waals surface area contributed by atoms with Crippen LogP contribution in [0.5, 0.6) is 0 Å². The van der Waals surface area contributed by atoms with E-state index in [1.807, 2.05) is 0 Å². The predicted octanol–water partition coefficient (Wildman–Crippen LogP) is 7.41. The van der Waals surface area contributed by atoms with Crippen molar-refractivity contribution in [2.24, 2.45) is 5.92 Å². The fourth-order valence-corrected chi connectivity index (χ4v) is 3.81. The van der Waals surface area contributed by atoms with E-state index in [4.69, 9.17) is 9.47 Å². The Hall–Kier alpha value is -2.46. The number of benzene rings is 2. The van der Waals surface area contributed by atoms with Gasteiger partial charge in [0.1, 0.15) is 0 Å². The highest BCUT2D eigenvalue weighted by molar-refractivity contribution is 5.35. The summed E-state index contributed by atoms with van der Waals surface area (Å²) >= 11 is 0. The zero-order valence-electron chi connectivity index (χ0n) is 17.3. The van der Waals surface area contributed by atoms with Crippen LogP contribution in [-0.4, -0.2) is 12.9 Å². The number of hydrogen-bond acceptors (Lipinski definition) is 2. The van der Waals surface area contributed by atoms with Crippen molar-refractivity contribution >= 4 is 0 Å². The molecule has 2 aromatic rings. The fraction of sp³-hybridized carbons (Fsp3) is 0.391. The lowest BCUT2D eigenvalue weighted by molar-refractivity contribution is -0.205. The molecule has 4 atom stereocenters. The van der Waals surface area contributed by atoms with Crippen LogP contribution in [0.1, 0.15) is 47.6 Å². The van der Waals surface area contributed by atoms with Crippen LogP contribution >= 0.6 is 0 Å². The van der Waals surface area contributed by atoms with Crippen molar-refractivity contribution in [3.05, 3.63) is 82.9 Å². The Bertz CT molecular complexity index is 967. The first kappa shape index (κ1) is 25.2. The van der Waals surface area contributed by atoms with Crippen LogP contribution in [-0.2, 0) is 21.8 Å². The van der Waals surface area contributed by atoms with Crippen LogP contribution in [0.15, 0.2) is 49.1 Å². The van der Waals surface area contributed by atoms with Gasteiger partial charge in [0.25, 0.3) is 0 Å². The quantitative estimate of drug-likeness (QED) is 0.328. The lowest BCUT2D eigenvalue weighted by atomic mass is 9.81. The van der Waals surface area contributed by atoms with Gasteiger partial charge in [0.05, 0.1) is 23.8 Å². The third-order valence-electron chi connectivity index (χ3n) is 5.54. The van der Waals surface area contributed by atoms with E-state index in [9.17, 15) is 35.1 Å². The SMILES string of the molecule is C=C[C@@H]1CCO[C@H](OC(C)c2cc(C(F)(F)F)cc(C(F)(F)F)c2)[C@H]1c1ccc(F)c(F)c1. The molecule has 0 aromatic heterocycles. The van der Waals surface area contributed by atoms with Crippen LogP contribution < -0.4 is 0 Å². The molecule has 2 nitrogen and oxygen atoms in total. The van der Waals surface area contributed by atoms with Gasteiger partial charge < -0.3 is 9.47 Å². The minimum absolute atomic E-state index is 0.0329. The van der Waals surface area contributed by atoms with Gasteiger partial charge in [0.2, 0.25) is 0 Å². The molecule has 1 fully saturated rings. The topological polar surface area (TPSA) is 18.5 Å². The van der Waals surface area contributed by atoms with Crippen molar-refractivity contribution in [1.29, 1.82) is 0 Å². The summed E-state index contributed by atoms with van der Waals surface area (Å²) in [6.45, 7) is 5.18. The summed E-state index contributed by atoms with van der Waals surface area (Å²) in [5.41, 5.74) is -2.98. The van der Waals surface area contributed by atoms with E-state index in [0.717, 1.165) is 12.1 Å². The second kappa shape index (κ2) is 9.42. The normalized spacial score (nSPS) is 22.8. The Morgan fingerprint density at radius 2 is 1.58 bits per heavy atom. The summed E-state index contributed by atoms with van der Waals surface area (Å²) in [6, 6.07) is 4.40. The lowest BCUT2D eigenvalue weighted by Crippen LogP contribution is -2.36. The smallest absolute Gasteiger partial charge is 0.352 e. The third-order valence-corrected chi connectivity index (χ3v) is 5.54. The summed E-state index contributed by atoms with van der Waals surface area (Å²) in [5.74, 6) is -3.20. The highest BCUT2D eigenvalue weighted by Gasteiger charge is 2.39. The van der Waals surface area contributed by atoms with Crippen LogP contribution in [0, 0.1) is 17.6 Å². The number of rotatable bonds is 5. The van der Waals surface area contributed by atoms with Gasteiger partial charge in [0, 0.05) is 5.92 Å². The molecule has 2 aromatic carbocycles. The minimum atomic E-state index is -5.00. The van der Waals surface area contributed by atoms with Crippen molar-refractivity contribution < 1.29 is 44.6 Å². The summed E-state index contributed by atoms with van der Waals surface area (Å²) in [7, 11) is 0. The molecule has 10 heteroatoms. The fourth-order valence-electron chi connectivity index (χ4n) is 3.81. The molecule has 0 N–H and O–H groups in total. The Labute approximate surface area is 184 Å². The Morgan fingerprint density at radius 3 is 2.09 bits per heavy atom. The largest absolute Gasteiger partial charge is 0.416 e. The average Bonchev–Trinajstić information content (AvgIpc) is 2.74. The number of hydrogen-bond donors (Lipinski definition) is 0. The molecule has 0 aliphatic carbocycles. The van der Waals surface area contributed by atoms with Crippen molar-refractivity contribution in [2.75, 3.05) is 6.61 Å². The highest BCUT2D eigenvalue weighted by Crippen LogP contribution is 2.41. The molecule has 0 spiro atoms. The van der Waals surface area contributed by atoms with Crippen LogP contribution in [0.25, 0.3) is 0 Å². The molecule has 1 heterocycles. The van der Waals surface area contributed by atoms with E-state index < -0.39 is 53.4 Å². The van der Waals surface area contributed by atoms with E-state index >= 15 is 0 Å². The van der Waals surface area contributed by atoms with Gasteiger partial charge in [-0.3, -0.25) is 0 Å². The van der Waals surface area contributed by atoms with Gasteiger partial charge in [-0.15, -0.1) is 6.58 Å². The molecule has 1 unspecified atom stereocenters. The monoisotopic (exact) mass is 480 g/mol. The van der Waals surface area contributed by atoms with Crippen LogP contribution in [0.2, 0.25) is 0 Å². The Balaban J connectivity index is 1.96. The molecule has 180 valence electrons. The molecule has 0 saturated carbocycles. The van der Waals surface area contributed by atoms with Crippen molar-refractivity contribution in [2.45, 2.75) is 44.0 Å². The molecule has 0 radical (unpaired) electrons. The van der Waals surface area contributed by atoms with Gasteiger partial charge in [0.15, 0.2) is 17.9 Å². The molecular formula is C23H20F8O2. The van der Waals surface area contributed by atoms with Gasteiger partial charge >= 0.3 is 12.4 Å². The maximum absolute atomic E-state index is 13.8. The Morgan fingerprint density at radius 1 is 0.970 bits per heavy atom. The third kappa shape index (κ3) is 5.73. The molecule has 0 amide bonds. The van der Waals surface area contributed by atoms with Crippen LogP contribution in [0.3, 0.4) is 0 Å². The van der Waals surface area contributed by atoms with Gasteiger partial charge in [-0.1, -0.05) is 12.1 Å². The molecule has 1 aliphatic heterocycles. The lowest BCUT2D eigenvalue weighted by Gasteiger charge is -2.38. The maximum atomic E-state index is 13.8. The summed E-state index contributed by atoms with van der Waals surface area (Å²) < 4.78 is 118. The summed E-state index contributed by atoms with van der Waals surface area (Å²) in [4.78, 5) is 0. The zero-order chi connectivity index (χ0) is 24.6. The van der Waals surface area contributed by atoms with Crippen molar-refractivity contribution in [1.82, 2.24) is 0 Å². The predicted molar refractivity (Wildman–Crippen MR) is 103 cm³/mol. The van der Waals surface area contributed by atoms with E-state index in [0.29, 0.717) is 24.1 Å². The molecule has 1 aliphatic rings. The van der Waals surface area contributed by atoms with E-state index in [-0.39, 0.29) is 24.2 Å². The Kier molecular flexibility index (Phi) is 7.18. The van der Waals surface area contributed by atoms with Gasteiger partial charge in [-0.25, -0.2) is 8.78 Å². The molecule has 33 heavy (non-hydrogen) atoms. The average molecular weight is 480 g/mol. The first-order chi connectivity index (χ1) is 15.3.